The molecule has 0 fully saturated rings. The maximum Gasteiger partial charge on any atom is 0.194 e. The van der Waals surface area contributed by atoms with Gasteiger partial charge in [-0.2, -0.15) is 0 Å². The lowest BCUT2D eigenvalue weighted by Crippen LogP contribution is -2.40. The fraction of sp³-hybridized carbons (Fsp3) is 0.389. The van der Waals surface area contributed by atoms with E-state index in [2.05, 4.69) is 21.8 Å². The standard InChI is InChI=1S/C18H25ClN4O.HI/c1-14(2)11-21-18(20-8-7-17-6-5-9-24-17)23(4)13-16-10-15(19)12-22(16)3;/h5-6,9-10,12H,1,7-8,11,13H2,2-4H3,(H,20,21);1H. The topological polar surface area (TPSA) is 45.7 Å². The van der Waals surface area contributed by atoms with Gasteiger partial charge in [0, 0.05) is 39.0 Å². The van der Waals surface area contributed by atoms with E-state index in [1.807, 2.05) is 50.0 Å². The summed E-state index contributed by atoms with van der Waals surface area (Å²) in [5, 5.41) is 4.13. The molecule has 0 aliphatic carbocycles. The molecule has 2 heterocycles. The molecule has 1 N–H and O–H groups in total. The molecule has 138 valence electrons. The molecule has 0 amide bonds. The molecule has 0 atom stereocenters. The summed E-state index contributed by atoms with van der Waals surface area (Å²) < 4.78 is 7.39. The molecule has 5 nitrogen and oxygen atoms in total. The fourth-order valence-corrected chi connectivity index (χ4v) is 2.59. The molecule has 0 unspecified atom stereocenters. The van der Waals surface area contributed by atoms with Crippen molar-refractivity contribution in [3.05, 3.63) is 59.3 Å². The van der Waals surface area contributed by atoms with Crippen molar-refractivity contribution in [2.24, 2.45) is 12.0 Å². The van der Waals surface area contributed by atoms with E-state index in [0.29, 0.717) is 13.1 Å². The molecular weight excluding hydrogens is 451 g/mol. The van der Waals surface area contributed by atoms with Gasteiger partial charge in [-0.05, 0) is 25.1 Å². The first kappa shape index (κ1) is 21.6. The summed E-state index contributed by atoms with van der Waals surface area (Å²) in [6.45, 7) is 7.96. The molecule has 0 spiro atoms. The number of aryl methyl sites for hydroxylation is 1. The first-order chi connectivity index (χ1) is 11.5. The summed E-state index contributed by atoms with van der Waals surface area (Å²) in [6.07, 6.45) is 4.40. The minimum absolute atomic E-state index is 0. The molecule has 0 saturated heterocycles. The zero-order valence-electron chi connectivity index (χ0n) is 15.0. The third-order valence-electron chi connectivity index (χ3n) is 3.57. The van der Waals surface area contributed by atoms with Crippen LogP contribution < -0.4 is 5.32 Å². The van der Waals surface area contributed by atoms with Crippen LogP contribution in [0.2, 0.25) is 5.02 Å². The van der Waals surface area contributed by atoms with Crippen molar-refractivity contribution in [2.75, 3.05) is 20.1 Å². The molecule has 25 heavy (non-hydrogen) atoms. The predicted octanol–water partition coefficient (Wildman–Crippen LogP) is 4.09. The van der Waals surface area contributed by atoms with Crippen LogP contribution in [0, 0.1) is 0 Å². The second kappa shape index (κ2) is 10.6. The number of nitrogens with one attached hydrogen (secondary N) is 1. The van der Waals surface area contributed by atoms with Gasteiger partial charge < -0.3 is 19.2 Å². The Morgan fingerprint density at radius 3 is 2.80 bits per heavy atom. The molecule has 2 aromatic heterocycles. The molecule has 0 radical (unpaired) electrons. The monoisotopic (exact) mass is 476 g/mol. The molecular formula is C18H26ClIN4O. The Balaban J connectivity index is 0.00000312. The summed E-state index contributed by atoms with van der Waals surface area (Å²) >= 11 is 6.06. The fourth-order valence-electron chi connectivity index (χ4n) is 2.31. The summed E-state index contributed by atoms with van der Waals surface area (Å²) in [5.74, 6) is 1.79. The Morgan fingerprint density at radius 2 is 2.24 bits per heavy atom. The Bertz CT molecular complexity index is 694. The number of hydrogen-bond donors (Lipinski definition) is 1. The number of furan rings is 1. The average molecular weight is 477 g/mol. The molecule has 0 aliphatic rings. The summed E-state index contributed by atoms with van der Waals surface area (Å²) in [7, 11) is 4.00. The zero-order valence-corrected chi connectivity index (χ0v) is 18.0. The van der Waals surface area contributed by atoms with Gasteiger partial charge in [-0.3, -0.25) is 0 Å². The lowest BCUT2D eigenvalue weighted by atomic mass is 10.3. The molecule has 2 rings (SSSR count). The van der Waals surface area contributed by atoms with Crippen LogP contribution in [-0.4, -0.2) is 35.6 Å². The number of hydrogen-bond acceptors (Lipinski definition) is 2. The van der Waals surface area contributed by atoms with E-state index in [0.717, 1.165) is 41.0 Å². The minimum Gasteiger partial charge on any atom is -0.469 e. The largest absolute Gasteiger partial charge is 0.469 e. The quantitative estimate of drug-likeness (QED) is 0.283. The van der Waals surface area contributed by atoms with Crippen molar-refractivity contribution in [3.8, 4) is 0 Å². The van der Waals surface area contributed by atoms with Gasteiger partial charge in [0.25, 0.3) is 0 Å². The number of aromatic nitrogens is 1. The lowest BCUT2D eigenvalue weighted by Gasteiger charge is -2.23. The minimum atomic E-state index is 0. The van der Waals surface area contributed by atoms with Crippen LogP contribution in [0.4, 0.5) is 0 Å². The number of nitrogens with zero attached hydrogens (tertiary/aromatic N) is 3. The van der Waals surface area contributed by atoms with Gasteiger partial charge in [-0.1, -0.05) is 23.8 Å². The first-order valence-corrected chi connectivity index (χ1v) is 8.30. The van der Waals surface area contributed by atoms with E-state index in [-0.39, 0.29) is 24.0 Å². The summed E-state index contributed by atoms with van der Waals surface area (Å²) in [6, 6.07) is 5.84. The van der Waals surface area contributed by atoms with Gasteiger partial charge in [0.2, 0.25) is 0 Å². The van der Waals surface area contributed by atoms with Crippen molar-refractivity contribution in [2.45, 2.75) is 19.9 Å². The zero-order chi connectivity index (χ0) is 17.5. The SMILES string of the molecule is C=C(C)CN=C(NCCc1ccco1)N(C)Cc1cc(Cl)cn1C.I. The van der Waals surface area contributed by atoms with E-state index < -0.39 is 0 Å². The Hall–Kier alpha value is -1.41. The van der Waals surface area contributed by atoms with Gasteiger partial charge >= 0.3 is 0 Å². The van der Waals surface area contributed by atoms with Crippen molar-refractivity contribution >= 4 is 41.5 Å². The smallest absolute Gasteiger partial charge is 0.194 e. The normalized spacial score (nSPS) is 11.1. The van der Waals surface area contributed by atoms with Crippen LogP contribution in [0.25, 0.3) is 0 Å². The van der Waals surface area contributed by atoms with Crippen molar-refractivity contribution in [3.63, 3.8) is 0 Å². The van der Waals surface area contributed by atoms with Crippen LogP contribution >= 0.6 is 35.6 Å². The van der Waals surface area contributed by atoms with E-state index >= 15 is 0 Å². The van der Waals surface area contributed by atoms with Crippen molar-refractivity contribution in [1.82, 2.24) is 14.8 Å². The average Bonchev–Trinajstić information content (AvgIpc) is 3.12. The number of rotatable bonds is 7. The summed E-state index contributed by atoms with van der Waals surface area (Å²) in [4.78, 5) is 6.71. The van der Waals surface area contributed by atoms with Crippen molar-refractivity contribution < 1.29 is 4.42 Å². The van der Waals surface area contributed by atoms with Crippen LogP contribution in [0.15, 0.2) is 52.2 Å². The Morgan fingerprint density at radius 1 is 1.48 bits per heavy atom. The second-order valence-electron chi connectivity index (χ2n) is 5.97. The van der Waals surface area contributed by atoms with Gasteiger partial charge in [0.15, 0.2) is 5.96 Å². The van der Waals surface area contributed by atoms with Crippen LogP contribution in [0.1, 0.15) is 18.4 Å². The highest BCUT2D eigenvalue weighted by Gasteiger charge is 2.10. The van der Waals surface area contributed by atoms with E-state index in [4.69, 9.17) is 16.0 Å². The predicted molar refractivity (Wildman–Crippen MR) is 115 cm³/mol. The van der Waals surface area contributed by atoms with Crippen LogP contribution in [-0.2, 0) is 20.0 Å². The van der Waals surface area contributed by atoms with Gasteiger partial charge in [-0.25, -0.2) is 4.99 Å². The van der Waals surface area contributed by atoms with Crippen molar-refractivity contribution in [1.29, 1.82) is 0 Å². The highest BCUT2D eigenvalue weighted by Crippen LogP contribution is 2.14. The number of halogens is 2. The number of aliphatic imine (C=N–C) groups is 1. The van der Waals surface area contributed by atoms with Gasteiger partial charge in [0.1, 0.15) is 5.76 Å². The molecule has 2 aromatic rings. The molecule has 0 bridgehead atoms. The van der Waals surface area contributed by atoms with Crippen LogP contribution in [0.3, 0.4) is 0 Å². The third kappa shape index (κ3) is 7.15. The maximum absolute atomic E-state index is 6.06. The second-order valence-corrected chi connectivity index (χ2v) is 6.41. The number of guanidine groups is 1. The van der Waals surface area contributed by atoms with E-state index in [1.165, 1.54) is 0 Å². The Labute approximate surface area is 171 Å². The van der Waals surface area contributed by atoms with Crippen LogP contribution in [0.5, 0.6) is 0 Å². The first-order valence-electron chi connectivity index (χ1n) is 7.92. The van der Waals surface area contributed by atoms with Gasteiger partial charge in [0.05, 0.1) is 24.4 Å². The summed E-state index contributed by atoms with van der Waals surface area (Å²) in [5.41, 5.74) is 2.15. The Kier molecular flexibility index (Phi) is 9.13. The van der Waals surface area contributed by atoms with Gasteiger partial charge in [-0.15, -0.1) is 24.0 Å². The molecule has 7 heteroatoms. The third-order valence-corrected chi connectivity index (χ3v) is 3.78. The molecule has 0 aromatic carbocycles. The molecule has 0 saturated carbocycles. The van der Waals surface area contributed by atoms with E-state index in [1.54, 1.807) is 6.26 Å². The van der Waals surface area contributed by atoms with E-state index in [9.17, 15) is 0 Å². The lowest BCUT2D eigenvalue weighted by molar-refractivity contribution is 0.456. The molecule has 0 aliphatic heterocycles. The maximum atomic E-state index is 6.06. The highest BCUT2D eigenvalue weighted by atomic mass is 127. The highest BCUT2D eigenvalue weighted by molar-refractivity contribution is 14.0.